The first-order valence-corrected chi connectivity index (χ1v) is 11.0. The van der Waals surface area contributed by atoms with Gasteiger partial charge in [-0.15, -0.1) is 6.58 Å². The van der Waals surface area contributed by atoms with Crippen LogP contribution in [0.5, 0.6) is 0 Å². The Labute approximate surface area is 158 Å². The summed E-state index contributed by atoms with van der Waals surface area (Å²) in [7, 11) is -2.75. The van der Waals surface area contributed by atoms with Gasteiger partial charge in [-0.05, 0) is 21.8 Å². The van der Waals surface area contributed by atoms with E-state index in [1.54, 1.807) is 6.08 Å². The van der Waals surface area contributed by atoms with Crippen LogP contribution in [-0.4, -0.2) is 37.3 Å². The van der Waals surface area contributed by atoms with E-state index in [4.69, 9.17) is 4.43 Å². The molecule has 2 atom stereocenters. The van der Waals surface area contributed by atoms with Crippen molar-refractivity contribution < 1.29 is 14.6 Å². The second-order valence-electron chi connectivity index (χ2n) is 7.59. The fourth-order valence-electron chi connectivity index (χ4n) is 3.48. The molecule has 0 saturated heterocycles. The Balaban J connectivity index is 2.69. The van der Waals surface area contributed by atoms with Crippen molar-refractivity contribution in [2.24, 2.45) is 0 Å². The van der Waals surface area contributed by atoms with Crippen molar-refractivity contribution in [3.63, 3.8) is 0 Å². The predicted molar refractivity (Wildman–Crippen MR) is 110 cm³/mol. The van der Waals surface area contributed by atoms with Crippen LogP contribution in [0.2, 0.25) is 5.04 Å². The van der Waals surface area contributed by atoms with E-state index in [0.717, 1.165) is 10.4 Å². The van der Waals surface area contributed by atoms with Crippen LogP contribution in [0.3, 0.4) is 0 Å². The van der Waals surface area contributed by atoms with Crippen LogP contribution in [0.4, 0.5) is 0 Å². The molecule has 26 heavy (non-hydrogen) atoms. The van der Waals surface area contributed by atoms with Crippen molar-refractivity contribution in [2.45, 2.75) is 44.4 Å². The molecule has 0 spiro atoms. The Hall–Kier alpha value is -1.72. The molecular formula is C22H30O3Si. The summed E-state index contributed by atoms with van der Waals surface area (Å²) >= 11 is 0. The van der Waals surface area contributed by atoms with Gasteiger partial charge in [-0.1, -0.05) is 87.5 Å². The molecule has 2 rings (SSSR count). The highest BCUT2D eigenvalue weighted by molar-refractivity contribution is 6.99. The highest BCUT2D eigenvalue weighted by atomic mass is 28.4. The Morgan fingerprint density at radius 1 is 1.00 bits per heavy atom. The van der Waals surface area contributed by atoms with E-state index in [9.17, 15) is 10.2 Å². The van der Waals surface area contributed by atoms with E-state index in [2.05, 4.69) is 51.6 Å². The highest BCUT2D eigenvalue weighted by Crippen LogP contribution is 2.38. The van der Waals surface area contributed by atoms with Gasteiger partial charge >= 0.3 is 0 Å². The minimum atomic E-state index is -2.75. The molecule has 0 radical (unpaired) electrons. The zero-order valence-corrected chi connectivity index (χ0v) is 16.9. The topological polar surface area (TPSA) is 49.7 Å². The molecule has 0 saturated carbocycles. The van der Waals surface area contributed by atoms with Crippen molar-refractivity contribution in [1.29, 1.82) is 0 Å². The lowest BCUT2D eigenvalue weighted by atomic mass is 10.1. The van der Waals surface area contributed by atoms with E-state index in [1.807, 2.05) is 36.4 Å². The maximum atomic E-state index is 10.4. The molecule has 2 aromatic carbocycles. The molecule has 0 amide bonds. The van der Waals surface area contributed by atoms with Crippen LogP contribution in [-0.2, 0) is 4.43 Å². The number of aliphatic hydroxyl groups is 2. The van der Waals surface area contributed by atoms with Gasteiger partial charge in [-0.25, -0.2) is 0 Å². The highest BCUT2D eigenvalue weighted by Gasteiger charge is 2.51. The molecule has 2 aromatic rings. The number of hydrogen-bond acceptors (Lipinski definition) is 3. The number of aliphatic hydroxyl groups excluding tert-OH is 2. The fraction of sp³-hybridized carbons (Fsp3) is 0.364. The molecule has 0 fully saturated rings. The molecule has 0 heterocycles. The summed E-state index contributed by atoms with van der Waals surface area (Å²) in [5, 5.41) is 22.0. The lowest BCUT2D eigenvalue weighted by molar-refractivity contribution is -0.00368. The maximum absolute atomic E-state index is 10.4. The van der Waals surface area contributed by atoms with Gasteiger partial charge in [0.05, 0.1) is 12.7 Å². The summed E-state index contributed by atoms with van der Waals surface area (Å²) in [6, 6.07) is 20.6. The first kappa shape index (κ1) is 20.6. The quantitative estimate of drug-likeness (QED) is 0.555. The van der Waals surface area contributed by atoms with Crippen molar-refractivity contribution in [2.75, 3.05) is 6.61 Å². The van der Waals surface area contributed by atoms with E-state index < -0.39 is 20.5 Å². The second-order valence-corrected chi connectivity index (χ2v) is 11.8. The van der Waals surface area contributed by atoms with Crippen molar-refractivity contribution in [3.8, 4) is 0 Å². The summed E-state index contributed by atoms with van der Waals surface area (Å²) in [6.45, 7) is 10.0. The Kier molecular flexibility index (Phi) is 6.95. The van der Waals surface area contributed by atoms with Crippen molar-refractivity contribution in [1.82, 2.24) is 0 Å². The van der Waals surface area contributed by atoms with Gasteiger partial charge in [0.15, 0.2) is 0 Å². The summed E-state index contributed by atoms with van der Waals surface area (Å²) < 4.78 is 6.83. The average molecular weight is 371 g/mol. The molecular weight excluding hydrogens is 340 g/mol. The van der Waals surface area contributed by atoms with Crippen LogP contribution >= 0.6 is 0 Å². The Morgan fingerprint density at radius 3 is 1.81 bits per heavy atom. The molecule has 0 unspecified atom stereocenters. The molecule has 0 bridgehead atoms. The number of rotatable bonds is 8. The molecule has 0 aliphatic heterocycles. The molecule has 3 nitrogen and oxygen atoms in total. The molecule has 0 aliphatic carbocycles. The van der Waals surface area contributed by atoms with Gasteiger partial charge in [-0.3, -0.25) is 0 Å². The standard InChI is InChI=1S/C22H30O3Si/c1-5-12-21(20(24)17-23)25-26(22(2,3)4,18-13-8-6-9-14-18)19-15-10-7-11-16-19/h5-11,13-16,20-21,23-24H,1,12,17H2,2-4H3/t20-,21+/m1/s1. The Morgan fingerprint density at radius 2 is 1.46 bits per heavy atom. The van der Waals surface area contributed by atoms with E-state index >= 15 is 0 Å². The van der Waals surface area contributed by atoms with Gasteiger partial charge in [-0.2, -0.15) is 0 Å². The van der Waals surface area contributed by atoms with Crippen molar-refractivity contribution in [3.05, 3.63) is 73.3 Å². The lowest BCUT2D eigenvalue weighted by Crippen LogP contribution is -2.68. The summed E-state index contributed by atoms with van der Waals surface area (Å²) in [6.07, 6.45) is 0.756. The fourth-order valence-corrected chi connectivity index (χ4v) is 8.21. The molecule has 2 N–H and O–H groups in total. The summed E-state index contributed by atoms with van der Waals surface area (Å²) in [4.78, 5) is 0. The molecule has 0 aromatic heterocycles. The summed E-state index contributed by atoms with van der Waals surface area (Å²) in [5.74, 6) is 0. The largest absolute Gasteiger partial charge is 0.401 e. The van der Waals surface area contributed by atoms with E-state index in [-0.39, 0.29) is 11.6 Å². The zero-order valence-electron chi connectivity index (χ0n) is 15.9. The molecule has 4 heteroatoms. The lowest BCUT2D eigenvalue weighted by Gasteiger charge is -2.45. The summed E-state index contributed by atoms with van der Waals surface area (Å²) in [5.41, 5.74) is 0. The van der Waals surface area contributed by atoms with Crippen LogP contribution < -0.4 is 10.4 Å². The van der Waals surface area contributed by atoms with Crippen LogP contribution in [0.15, 0.2) is 73.3 Å². The molecule has 140 valence electrons. The number of benzene rings is 2. The van der Waals surface area contributed by atoms with Gasteiger partial charge < -0.3 is 14.6 Å². The monoisotopic (exact) mass is 370 g/mol. The normalized spacial score (nSPS) is 14.7. The predicted octanol–water partition coefficient (Wildman–Crippen LogP) is 2.86. The minimum absolute atomic E-state index is 0.176. The maximum Gasteiger partial charge on any atom is 0.261 e. The van der Waals surface area contributed by atoms with Crippen LogP contribution in [0.25, 0.3) is 0 Å². The first-order valence-electron chi connectivity index (χ1n) is 9.05. The SMILES string of the molecule is C=CC[C@H](O[Si](c1ccccc1)(c1ccccc1)C(C)(C)C)[C@H](O)CO. The van der Waals surface area contributed by atoms with Crippen LogP contribution in [0.1, 0.15) is 27.2 Å². The van der Waals surface area contributed by atoms with Crippen LogP contribution in [0, 0.1) is 0 Å². The minimum Gasteiger partial charge on any atom is -0.401 e. The third-order valence-corrected chi connectivity index (χ3v) is 9.82. The van der Waals surface area contributed by atoms with Gasteiger partial charge in [0.25, 0.3) is 8.32 Å². The van der Waals surface area contributed by atoms with Gasteiger partial charge in [0.2, 0.25) is 0 Å². The average Bonchev–Trinajstić information content (AvgIpc) is 2.65. The molecule has 0 aliphatic rings. The third-order valence-electron chi connectivity index (χ3n) is 4.76. The van der Waals surface area contributed by atoms with E-state index in [1.165, 1.54) is 0 Å². The smallest absolute Gasteiger partial charge is 0.261 e. The second kappa shape index (κ2) is 8.78. The van der Waals surface area contributed by atoms with Gasteiger partial charge in [0, 0.05) is 0 Å². The number of hydrogen-bond donors (Lipinski definition) is 2. The first-order chi connectivity index (χ1) is 12.4. The van der Waals surface area contributed by atoms with E-state index in [0.29, 0.717) is 6.42 Å². The zero-order chi connectivity index (χ0) is 19.2. The Bertz CT molecular complexity index is 640. The third kappa shape index (κ3) is 4.15. The van der Waals surface area contributed by atoms with Gasteiger partial charge in [0.1, 0.15) is 6.10 Å². The van der Waals surface area contributed by atoms with Crippen molar-refractivity contribution >= 4 is 18.7 Å².